The normalized spacial score (nSPS) is 15.0. The first-order chi connectivity index (χ1) is 11.6. The summed E-state index contributed by atoms with van der Waals surface area (Å²) in [5.74, 6) is 1.30. The fourth-order valence-corrected chi connectivity index (χ4v) is 2.86. The van der Waals surface area contributed by atoms with E-state index in [0.717, 1.165) is 12.8 Å². The lowest BCUT2D eigenvalue weighted by molar-refractivity contribution is -0.131. The maximum Gasteiger partial charge on any atom is 0.254 e. The molecule has 1 aromatic carbocycles. The minimum atomic E-state index is -0.0583. The Balaban J connectivity index is 2.09. The fourth-order valence-electron chi connectivity index (χ4n) is 2.86. The molecule has 0 unspecified atom stereocenters. The number of carbonyl (C=O) groups is 2. The van der Waals surface area contributed by atoms with Crippen molar-refractivity contribution in [3.05, 3.63) is 23.8 Å². The molecular formula is C18H26N2O4. The zero-order chi connectivity index (χ0) is 17.5. The van der Waals surface area contributed by atoms with Gasteiger partial charge in [-0.1, -0.05) is 6.92 Å². The van der Waals surface area contributed by atoms with Crippen molar-refractivity contribution in [2.24, 2.45) is 0 Å². The predicted octanol–water partition coefficient (Wildman–Crippen LogP) is 2.18. The highest BCUT2D eigenvalue weighted by Crippen LogP contribution is 2.23. The molecule has 0 atom stereocenters. The van der Waals surface area contributed by atoms with E-state index in [0.29, 0.717) is 49.7 Å². The number of methoxy groups -OCH3 is 2. The van der Waals surface area contributed by atoms with Gasteiger partial charge < -0.3 is 19.3 Å². The standard InChI is InChI=1S/C18H26N2O4/c1-4-6-17(21)19-7-5-8-20(10-9-19)18(22)14-11-15(23-2)13-16(12-14)24-3/h11-13H,4-10H2,1-3H3. The second-order valence-electron chi connectivity index (χ2n) is 5.88. The molecule has 1 fully saturated rings. The molecule has 1 aliphatic rings. The summed E-state index contributed by atoms with van der Waals surface area (Å²) in [4.78, 5) is 28.5. The topological polar surface area (TPSA) is 59.1 Å². The quantitative estimate of drug-likeness (QED) is 0.828. The van der Waals surface area contributed by atoms with Crippen LogP contribution in [0, 0.1) is 0 Å². The summed E-state index contributed by atoms with van der Waals surface area (Å²) in [6.07, 6.45) is 2.21. The third-order valence-corrected chi connectivity index (χ3v) is 4.20. The van der Waals surface area contributed by atoms with Crippen LogP contribution in [0.15, 0.2) is 18.2 Å². The monoisotopic (exact) mass is 334 g/mol. The largest absolute Gasteiger partial charge is 0.497 e. The minimum Gasteiger partial charge on any atom is -0.497 e. The maximum absolute atomic E-state index is 12.8. The highest BCUT2D eigenvalue weighted by Gasteiger charge is 2.23. The molecule has 0 aromatic heterocycles. The van der Waals surface area contributed by atoms with Crippen LogP contribution in [0.25, 0.3) is 0 Å². The Morgan fingerprint density at radius 1 is 0.958 bits per heavy atom. The summed E-state index contributed by atoms with van der Waals surface area (Å²) in [7, 11) is 3.12. The first-order valence-corrected chi connectivity index (χ1v) is 8.39. The molecule has 1 heterocycles. The highest BCUT2D eigenvalue weighted by molar-refractivity contribution is 5.95. The molecule has 1 aromatic rings. The van der Waals surface area contributed by atoms with Crippen molar-refractivity contribution in [1.29, 1.82) is 0 Å². The van der Waals surface area contributed by atoms with Crippen LogP contribution in [-0.4, -0.2) is 62.0 Å². The summed E-state index contributed by atoms with van der Waals surface area (Å²) in [6, 6.07) is 5.18. The van der Waals surface area contributed by atoms with Crippen molar-refractivity contribution in [2.75, 3.05) is 40.4 Å². The Labute approximate surface area is 143 Å². The van der Waals surface area contributed by atoms with Crippen molar-refractivity contribution in [3.8, 4) is 11.5 Å². The molecule has 6 nitrogen and oxygen atoms in total. The van der Waals surface area contributed by atoms with E-state index < -0.39 is 0 Å². The summed E-state index contributed by atoms with van der Waals surface area (Å²) in [5.41, 5.74) is 0.541. The number of nitrogens with zero attached hydrogens (tertiary/aromatic N) is 2. The molecule has 2 rings (SSSR count). The molecule has 2 amide bonds. The van der Waals surface area contributed by atoms with E-state index in [2.05, 4.69) is 0 Å². The van der Waals surface area contributed by atoms with Crippen molar-refractivity contribution >= 4 is 11.8 Å². The van der Waals surface area contributed by atoms with E-state index in [1.165, 1.54) is 0 Å². The van der Waals surface area contributed by atoms with Crippen LogP contribution in [0.2, 0.25) is 0 Å². The lowest BCUT2D eigenvalue weighted by Gasteiger charge is -2.22. The molecular weight excluding hydrogens is 308 g/mol. The molecule has 6 heteroatoms. The zero-order valence-electron chi connectivity index (χ0n) is 14.7. The number of hydrogen-bond donors (Lipinski definition) is 0. The van der Waals surface area contributed by atoms with E-state index in [-0.39, 0.29) is 11.8 Å². The summed E-state index contributed by atoms with van der Waals surface area (Å²) >= 11 is 0. The average molecular weight is 334 g/mol. The third-order valence-electron chi connectivity index (χ3n) is 4.20. The summed E-state index contributed by atoms with van der Waals surface area (Å²) in [5, 5.41) is 0. The maximum atomic E-state index is 12.8. The van der Waals surface area contributed by atoms with E-state index in [9.17, 15) is 9.59 Å². The molecule has 0 aliphatic carbocycles. The first-order valence-electron chi connectivity index (χ1n) is 8.39. The Bertz CT molecular complexity index is 566. The van der Waals surface area contributed by atoms with Gasteiger partial charge in [0.05, 0.1) is 14.2 Å². The van der Waals surface area contributed by atoms with Crippen molar-refractivity contribution in [1.82, 2.24) is 9.80 Å². The Hall–Kier alpha value is -2.24. The van der Waals surface area contributed by atoms with Crippen LogP contribution in [-0.2, 0) is 4.79 Å². The Morgan fingerprint density at radius 3 is 2.12 bits per heavy atom. The second kappa shape index (κ2) is 8.57. The molecule has 24 heavy (non-hydrogen) atoms. The fraction of sp³-hybridized carbons (Fsp3) is 0.556. The Morgan fingerprint density at radius 2 is 1.54 bits per heavy atom. The van der Waals surface area contributed by atoms with Gasteiger partial charge in [0.2, 0.25) is 5.91 Å². The summed E-state index contributed by atoms with van der Waals surface area (Å²) < 4.78 is 10.5. The smallest absolute Gasteiger partial charge is 0.254 e. The van der Waals surface area contributed by atoms with Crippen molar-refractivity contribution < 1.29 is 19.1 Å². The van der Waals surface area contributed by atoms with Gasteiger partial charge in [-0.25, -0.2) is 0 Å². The van der Waals surface area contributed by atoms with Crippen LogP contribution < -0.4 is 9.47 Å². The van der Waals surface area contributed by atoms with Crippen LogP contribution >= 0.6 is 0 Å². The van der Waals surface area contributed by atoms with E-state index >= 15 is 0 Å². The summed E-state index contributed by atoms with van der Waals surface area (Å²) in [6.45, 7) is 4.50. The van der Waals surface area contributed by atoms with Gasteiger partial charge in [0.15, 0.2) is 0 Å². The number of benzene rings is 1. The molecule has 0 spiro atoms. The van der Waals surface area contributed by atoms with Crippen molar-refractivity contribution in [2.45, 2.75) is 26.2 Å². The molecule has 1 aliphatic heterocycles. The molecule has 0 saturated carbocycles. The van der Waals surface area contributed by atoms with Gasteiger partial charge in [0.1, 0.15) is 11.5 Å². The van der Waals surface area contributed by atoms with Gasteiger partial charge in [0.25, 0.3) is 5.91 Å². The van der Waals surface area contributed by atoms with Gasteiger partial charge >= 0.3 is 0 Å². The third kappa shape index (κ3) is 4.40. The van der Waals surface area contributed by atoms with E-state index in [1.807, 2.05) is 11.8 Å². The SMILES string of the molecule is CCCC(=O)N1CCCN(C(=O)c2cc(OC)cc(OC)c2)CC1. The van der Waals surface area contributed by atoms with Crippen LogP contribution in [0.1, 0.15) is 36.5 Å². The average Bonchev–Trinajstić information content (AvgIpc) is 2.87. The molecule has 0 radical (unpaired) electrons. The number of hydrogen-bond acceptors (Lipinski definition) is 4. The minimum absolute atomic E-state index is 0.0583. The Kier molecular flexibility index (Phi) is 6.46. The first kappa shape index (κ1) is 18.1. The van der Waals surface area contributed by atoms with Gasteiger partial charge in [-0.3, -0.25) is 9.59 Å². The molecule has 0 N–H and O–H groups in total. The van der Waals surface area contributed by atoms with Crippen molar-refractivity contribution in [3.63, 3.8) is 0 Å². The van der Waals surface area contributed by atoms with Crippen LogP contribution in [0.4, 0.5) is 0 Å². The van der Waals surface area contributed by atoms with Crippen LogP contribution in [0.5, 0.6) is 11.5 Å². The lowest BCUT2D eigenvalue weighted by Crippen LogP contribution is -2.37. The molecule has 0 bridgehead atoms. The van der Waals surface area contributed by atoms with Gasteiger partial charge in [-0.2, -0.15) is 0 Å². The van der Waals surface area contributed by atoms with Crippen LogP contribution in [0.3, 0.4) is 0 Å². The lowest BCUT2D eigenvalue weighted by atomic mass is 10.1. The number of amides is 2. The highest BCUT2D eigenvalue weighted by atomic mass is 16.5. The predicted molar refractivity (Wildman–Crippen MR) is 91.6 cm³/mol. The van der Waals surface area contributed by atoms with Gasteiger partial charge in [-0.15, -0.1) is 0 Å². The van der Waals surface area contributed by atoms with E-state index in [4.69, 9.17) is 9.47 Å². The number of carbonyl (C=O) groups excluding carboxylic acids is 2. The molecule has 132 valence electrons. The van der Waals surface area contributed by atoms with Gasteiger partial charge in [-0.05, 0) is 25.0 Å². The zero-order valence-corrected chi connectivity index (χ0v) is 14.7. The number of rotatable bonds is 5. The van der Waals surface area contributed by atoms with Gasteiger partial charge in [0, 0.05) is 44.2 Å². The molecule has 1 saturated heterocycles. The number of ether oxygens (including phenoxy) is 2. The second-order valence-corrected chi connectivity index (χ2v) is 5.88. The van der Waals surface area contributed by atoms with E-state index in [1.54, 1.807) is 37.3 Å².